The molecule has 20 heavy (non-hydrogen) atoms. The molecular weight excluding hydrogens is 248 g/mol. The fraction of sp³-hybridized carbons (Fsp3) is 0.938. The normalized spacial score (nSPS) is 17.9. The van der Waals surface area contributed by atoms with Crippen LogP contribution >= 0.6 is 0 Å². The highest BCUT2D eigenvalue weighted by Crippen LogP contribution is 2.15. The van der Waals surface area contributed by atoms with Crippen molar-refractivity contribution in [2.75, 3.05) is 46.3 Å². The third kappa shape index (κ3) is 6.12. The summed E-state index contributed by atoms with van der Waals surface area (Å²) in [6.07, 6.45) is 5.08. The maximum atomic E-state index is 4.42. The molecule has 0 atom stereocenters. The molecule has 4 nitrogen and oxygen atoms in total. The van der Waals surface area contributed by atoms with Crippen LogP contribution < -0.4 is 5.32 Å². The second-order valence-electron chi connectivity index (χ2n) is 5.88. The maximum absolute atomic E-state index is 4.42. The summed E-state index contributed by atoms with van der Waals surface area (Å²) in [6, 6.07) is 0. The van der Waals surface area contributed by atoms with Gasteiger partial charge in [0.25, 0.3) is 0 Å². The van der Waals surface area contributed by atoms with Crippen molar-refractivity contribution in [1.82, 2.24) is 15.1 Å². The van der Waals surface area contributed by atoms with Gasteiger partial charge in [0, 0.05) is 26.7 Å². The molecule has 1 saturated heterocycles. The number of hydrogen-bond donors (Lipinski definition) is 1. The van der Waals surface area contributed by atoms with Crippen molar-refractivity contribution in [2.45, 2.75) is 46.5 Å². The van der Waals surface area contributed by atoms with Crippen LogP contribution in [-0.4, -0.2) is 62.1 Å². The second-order valence-corrected chi connectivity index (χ2v) is 5.88. The lowest BCUT2D eigenvalue weighted by Crippen LogP contribution is -2.45. The molecule has 0 aromatic carbocycles. The van der Waals surface area contributed by atoms with Crippen LogP contribution in [0.3, 0.4) is 0 Å². The number of aliphatic imine (C=N–C) groups is 1. The van der Waals surface area contributed by atoms with Gasteiger partial charge in [0.2, 0.25) is 0 Å². The van der Waals surface area contributed by atoms with E-state index in [1.165, 1.54) is 32.2 Å². The summed E-state index contributed by atoms with van der Waals surface area (Å²) in [4.78, 5) is 9.32. The first-order valence-electron chi connectivity index (χ1n) is 8.39. The molecule has 0 amide bonds. The van der Waals surface area contributed by atoms with Crippen LogP contribution in [0.15, 0.2) is 4.99 Å². The predicted octanol–water partition coefficient (Wildman–Crippen LogP) is 2.42. The minimum absolute atomic E-state index is 0.874. The number of piperidine rings is 1. The Morgan fingerprint density at radius 3 is 2.40 bits per heavy atom. The zero-order chi connectivity index (χ0) is 14.8. The summed E-state index contributed by atoms with van der Waals surface area (Å²) in [7, 11) is 1.90. The third-order valence-electron chi connectivity index (χ3n) is 4.37. The molecule has 1 heterocycles. The largest absolute Gasteiger partial charge is 0.356 e. The van der Waals surface area contributed by atoms with E-state index in [1.807, 2.05) is 7.05 Å². The number of unbranched alkanes of at least 4 members (excludes halogenated alkanes) is 1. The maximum Gasteiger partial charge on any atom is 0.193 e. The Bertz CT molecular complexity index is 266. The molecule has 0 radical (unpaired) electrons. The number of nitrogens with one attached hydrogen (secondary N) is 1. The SMILES string of the molecule is CCN(CC)CCCCNC(=NC)N1CCC(C)CC1. The lowest BCUT2D eigenvalue weighted by atomic mass is 10.00. The van der Waals surface area contributed by atoms with E-state index < -0.39 is 0 Å². The van der Waals surface area contributed by atoms with Crippen LogP contribution in [0.5, 0.6) is 0 Å². The molecule has 0 unspecified atom stereocenters. The number of rotatable bonds is 7. The van der Waals surface area contributed by atoms with Crippen LogP contribution in [0.4, 0.5) is 0 Å². The molecular formula is C16H34N4. The lowest BCUT2D eigenvalue weighted by molar-refractivity contribution is 0.272. The van der Waals surface area contributed by atoms with Crippen molar-refractivity contribution >= 4 is 5.96 Å². The van der Waals surface area contributed by atoms with Crippen LogP contribution in [0.1, 0.15) is 46.5 Å². The number of likely N-dealkylation sites (tertiary alicyclic amines) is 1. The minimum Gasteiger partial charge on any atom is -0.356 e. The standard InChI is InChI=1S/C16H34N4/c1-5-19(6-2)12-8-7-11-18-16(17-4)20-13-9-15(3)10-14-20/h15H,5-14H2,1-4H3,(H,17,18). The topological polar surface area (TPSA) is 30.9 Å². The molecule has 4 heteroatoms. The van der Waals surface area contributed by atoms with Crippen molar-refractivity contribution in [1.29, 1.82) is 0 Å². The summed E-state index contributed by atoms with van der Waals surface area (Å²) in [5.41, 5.74) is 0. The van der Waals surface area contributed by atoms with E-state index in [0.717, 1.165) is 44.6 Å². The Hall–Kier alpha value is -0.770. The van der Waals surface area contributed by atoms with Crippen LogP contribution in [0.2, 0.25) is 0 Å². The molecule has 0 bridgehead atoms. The molecule has 0 aliphatic carbocycles. The molecule has 0 aromatic rings. The number of nitrogens with zero attached hydrogens (tertiary/aromatic N) is 3. The van der Waals surface area contributed by atoms with Crippen molar-refractivity contribution in [3.63, 3.8) is 0 Å². The van der Waals surface area contributed by atoms with Crippen LogP contribution in [0, 0.1) is 5.92 Å². The molecule has 0 saturated carbocycles. The van der Waals surface area contributed by atoms with Gasteiger partial charge in [-0.3, -0.25) is 4.99 Å². The van der Waals surface area contributed by atoms with Crippen molar-refractivity contribution in [3.8, 4) is 0 Å². The van der Waals surface area contributed by atoms with Crippen molar-refractivity contribution in [2.24, 2.45) is 10.9 Å². The number of guanidine groups is 1. The Morgan fingerprint density at radius 1 is 1.20 bits per heavy atom. The monoisotopic (exact) mass is 282 g/mol. The lowest BCUT2D eigenvalue weighted by Gasteiger charge is -2.33. The van der Waals surface area contributed by atoms with Gasteiger partial charge in [-0.1, -0.05) is 20.8 Å². The van der Waals surface area contributed by atoms with E-state index >= 15 is 0 Å². The fourth-order valence-electron chi connectivity index (χ4n) is 2.75. The van der Waals surface area contributed by atoms with Gasteiger partial charge in [0.1, 0.15) is 0 Å². The Balaban J connectivity index is 2.16. The molecule has 1 fully saturated rings. The van der Waals surface area contributed by atoms with E-state index in [1.54, 1.807) is 0 Å². The van der Waals surface area contributed by atoms with Crippen molar-refractivity contribution < 1.29 is 0 Å². The summed E-state index contributed by atoms with van der Waals surface area (Å²) in [5.74, 6) is 1.97. The van der Waals surface area contributed by atoms with Gasteiger partial charge in [-0.05, 0) is 51.2 Å². The van der Waals surface area contributed by atoms with E-state index in [9.17, 15) is 0 Å². The number of hydrogen-bond acceptors (Lipinski definition) is 2. The zero-order valence-corrected chi connectivity index (χ0v) is 14.0. The summed E-state index contributed by atoms with van der Waals surface area (Å²) in [5, 5.41) is 3.52. The first-order valence-corrected chi connectivity index (χ1v) is 8.39. The third-order valence-corrected chi connectivity index (χ3v) is 4.37. The van der Waals surface area contributed by atoms with E-state index in [-0.39, 0.29) is 0 Å². The first-order chi connectivity index (χ1) is 9.71. The zero-order valence-electron chi connectivity index (χ0n) is 14.0. The van der Waals surface area contributed by atoms with E-state index in [4.69, 9.17) is 0 Å². The predicted molar refractivity (Wildman–Crippen MR) is 88.4 cm³/mol. The summed E-state index contributed by atoms with van der Waals surface area (Å²) in [6.45, 7) is 13.7. The van der Waals surface area contributed by atoms with Gasteiger partial charge in [-0.25, -0.2) is 0 Å². The van der Waals surface area contributed by atoms with Gasteiger partial charge < -0.3 is 15.1 Å². The molecule has 0 spiro atoms. The highest BCUT2D eigenvalue weighted by molar-refractivity contribution is 5.79. The summed E-state index contributed by atoms with van der Waals surface area (Å²) >= 11 is 0. The quantitative estimate of drug-likeness (QED) is 0.442. The Kier molecular flexibility index (Phi) is 8.67. The minimum atomic E-state index is 0.874. The van der Waals surface area contributed by atoms with E-state index in [2.05, 4.69) is 40.9 Å². The summed E-state index contributed by atoms with van der Waals surface area (Å²) < 4.78 is 0. The fourth-order valence-corrected chi connectivity index (χ4v) is 2.75. The first kappa shape index (κ1) is 17.3. The highest BCUT2D eigenvalue weighted by atomic mass is 15.3. The molecule has 1 aliphatic rings. The van der Waals surface area contributed by atoms with Gasteiger partial charge in [0.15, 0.2) is 5.96 Å². The average Bonchev–Trinajstić information content (AvgIpc) is 2.48. The van der Waals surface area contributed by atoms with Crippen molar-refractivity contribution in [3.05, 3.63) is 0 Å². The highest BCUT2D eigenvalue weighted by Gasteiger charge is 2.18. The van der Waals surface area contributed by atoms with Crippen LogP contribution in [0.25, 0.3) is 0 Å². The average molecular weight is 282 g/mol. The van der Waals surface area contributed by atoms with Crippen LogP contribution in [-0.2, 0) is 0 Å². The van der Waals surface area contributed by atoms with Gasteiger partial charge in [0.05, 0.1) is 0 Å². The smallest absolute Gasteiger partial charge is 0.193 e. The van der Waals surface area contributed by atoms with Gasteiger partial charge in [-0.15, -0.1) is 0 Å². The molecule has 1 rings (SSSR count). The second kappa shape index (κ2) is 10.0. The van der Waals surface area contributed by atoms with Gasteiger partial charge >= 0.3 is 0 Å². The van der Waals surface area contributed by atoms with Gasteiger partial charge in [-0.2, -0.15) is 0 Å². The molecule has 118 valence electrons. The molecule has 0 aromatic heterocycles. The van der Waals surface area contributed by atoms with E-state index in [0.29, 0.717) is 0 Å². The Labute approximate surface area is 125 Å². The molecule has 1 aliphatic heterocycles. The Morgan fingerprint density at radius 2 is 1.85 bits per heavy atom. The molecule has 1 N–H and O–H groups in total.